The van der Waals surface area contributed by atoms with Crippen molar-refractivity contribution in [2.24, 2.45) is 0 Å². The molecule has 34 heavy (non-hydrogen) atoms. The first kappa shape index (κ1) is 25.6. The van der Waals surface area contributed by atoms with Gasteiger partial charge in [-0.05, 0) is 36.8 Å². The van der Waals surface area contributed by atoms with Gasteiger partial charge in [-0.2, -0.15) is 0 Å². The van der Waals surface area contributed by atoms with Crippen molar-refractivity contribution >= 4 is 40.5 Å². The molecule has 9 heteroatoms. The fourth-order valence-electron chi connectivity index (χ4n) is 3.96. The molecule has 1 aliphatic heterocycles. The largest absolute Gasteiger partial charge is 0.495 e. The molecular weight excluding hydrogens is 456 g/mol. The molecule has 3 rings (SSSR count). The van der Waals surface area contributed by atoms with E-state index in [1.807, 2.05) is 30.3 Å². The van der Waals surface area contributed by atoms with Crippen molar-refractivity contribution in [3.8, 4) is 5.75 Å². The fourth-order valence-corrected chi connectivity index (χ4v) is 4.10. The molecule has 1 aliphatic rings. The van der Waals surface area contributed by atoms with Gasteiger partial charge < -0.3 is 29.9 Å². The summed E-state index contributed by atoms with van der Waals surface area (Å²) in [5, 5.41) is 5.76. The predicted octanol–water partition coefficient (Wildman–Crippen LogP) is 3.36. The molecule has 1 fully saturated rings. The van der Waals surface area contributed by atoms with Crippen LogP contribution < -0.4 is 25.2 Å². The third kappa shape index (κ3) is 6.77. The van der Waals surface area contributed by atoms with Gasteiger partial charge in [-0.15, -0.1) is 11.6 Å². The minimum atomic E-state index is -0.198. The van der Waals surface area contributed by atoms with Gasteiger partial charge >= 0.3 is 0 Å². The summed E-state index contributed by atoms with van der Waals surface area (Å²) in [5.41, 5.74) is 3.02. The summed E-state index contributed by atoms with van der Waals surface area (Å²) in [6, 6.07) is 13.5. The molecule has 2 N–H and O–H groups in total. The average molecular weight is 489 g/mol. The van der Waals surface area contributed by atoms with E-state index in [1.165, 1.54) is 0 Å². The van der Waals surface area contributed by atoms with Crippen LogP contribution in [-0.2, 0) is 9.53 Å². The van der Waals surface area contributed by atoms with E-state index < -0.39 is 0 Å². The molecular formula is C25H33ClN4O4. The van der Waals surface area contributed by atoms with Crippen molar-refractivity contribution in [1.29, 1.82) is 0 Å². The van der Waals surface area contributed by atoms with Gasteiger partial charge in [0.05, 0.1) is 25.0 Å². The van der Waals surface area contributed by atoms with Crippen molar-refractivity contribution in [2.75, 3.05) is 74.5 Å². The molecule has 184 valence electrons. The number of ether oxygens (including phenoxy) is 2. The number of methoxy groups -OCH3 is 2. The van der Waals surface area contributed by atoms with Crippen LogP contribution in [0, 0.1) is 0 Å². The number of nitrogens with one attached hydrogen (secondary N) is 2. The number of nitrogens with zero attached hydrogens (tertiary/aromatic N) is 2. The first-order chi connectivity index (χ1) is 16.6. The molecule has 0 aromatic heterocycles. The number of halogens is 1. The first-order valence-electron chi connectivity index (χ1n) is 11.5. The Kier molecular flexibility index (Phi) is 9.85. The second-order valence-electron chi connectivity index (χ2n) is 7.97. The van der Waals surface area contributed by atoms with Gasteiger partial charge in [0.2, 0.25) is 5.91 Å². The van der Waals surface area contributed by atoms with E-state index in [0.717, 1.165) is 43.3 Å². The Balaban J connectivity index is 1.76. The summed E-state index contributed by atoms with van der Waals surface area (Å²) in [5.74, 6) is 0.962. The highest BCUT2D eigenvalue weighted by molar-refractivity contribution is 6.18. The standard InChI is InChI=1S/C25H33ClN4O4/c1-33-17-12-27-25(32)20-18-19(28-24(31)8-5-11-26)9-10-21(20)29-13-15-30(16-14-29)22-6-3-4-7-23(22)34-2/h3-4,6-7,9-10,18H,5,8,11-17H2,1-2H3,(H,27,32)(H,28,31). The molecule has 1 saturated heterocycles. The topological polar surface area (TPSA) is 83.1 Å². The zero-order valence-corrected chi connectivity index (χ0v) is 20.6. The van der Waals surface area contributed by atoms with Gasteiger partial charge in [-0.3, -0.25) is 9.59 Å². The molecule has 2 amide bonds. The molecule has 2 aromatic carbocycles. The van der Waals surface area contributed by atoms with E-state index >= 15 is 0 Å². The lowest BCUT2D eigenvalue weighted by molar-refractivity contribution is -0.116. The predicted molar refractivity (Wildman–Crippen MR) is 137 cm³/mol. The van der Waals surface area contributed by atoms with E-state index in [1.54, 1.807) is 20.3 Å². The van der Waals surface area contributed by atoms with Gasteiger partial charge in [0.1, 0.15) is 5.75 Å². The average Bonchev–Trinajstić information content (AvgIpc) is 2.87. The molecule has 1 heterocycles. The number of benzene rings is 2. The van der Waals surface area contributed by atoms with Crippen LogP contribution >= 0.6 is 11.6 Å². The van der Waals surface area contributed by atoms with Crippen molar-refractivity contribution in [2.45, 2.75) is 12.8 Å². The van der Waals surface area contributed by atoms with Crippen LogP contribution in [0.15, 0.2) is 42.5 Å². The Morgan fingerprint density at radius 3 is 2.38 bits per heavy atom. The molecule has 0 aliphatic carbocycles. The molecule has 0 unspecified atom stereocenters. The summed E-state index contributed by atoms with van der Waals surface area (Å²) in [7, 11) is 3.27. The van der Waals surface area contributed by atoms with Crippen LogP contribution in [0.3, 0.4) is 0 Å². The Labute approximate surface area is 206 Å². The number of carbonyl (C=O) groups excluding carboxylic acids is 2. The number of rotatable bonds is 11. The minimum Gasteiger partial charge on any atom is -0.495 e. The second-order valence-corrected chi connectivity index (χ2v) is 8.35. The number of amides is 2. The summed E-state index contributed by atoms with van der Waals surface area (Å²) in [6.07, 6.45) is 0.942. The zero-order chi connectivity index (χ0) is 24.3. The van der Waals surface area contributed by atoms with E-state index in [4.69, 9.17) is 21.1 Å². The van der Waals surface area contributed by atoms with Gasteiger partial charge in [-0.25, -0.2) is 0 Å². The Morgan fingerprint density at radius 1 is 1.00 bits per heavy atom. The van der Waals surface area contributed by atoms with Gasteiger partial charge in [0, 0.05) is 63.5 Å². The summed E-state index contributed by atoms with van der Waals surface area (Å²) in [4.78, 5) is 29.7. The summed E-state index contributed by atoms with van der Waals surface area (Å²) < 4.78 is 10.6. The molecule has 8 nitrogen and oxygen atoms in total. The van der Waals surface area contributed by atoms with E-state index in [0.29, 0.717) is 43.1 Å². The highest BCUT2D eigenvalue weighted by atomic mass is 35.5. The zero-order valence-electron chi connectivity index (χ0n) is 19.8. The lowest BCUT2D eigenvalue weighted by Gasteiger charge is -2.38. The molecule has 2 aromatic rings. The third-order valence-electron chi connectivity index (χ3n) is 5.70. The molecule has 0 atom stereocenters. The number of hydrogen-bond donors (Lipinski definition) is 2. The van der Waals surface area contributed by atoms with Gasteiger partial charge in [0.15, 0.2) is 0 Å². The van der Waals surface area contributed by atoms with E-state index in [-0.39, 0.29) is 11.8 Å². The third-order valence-corrected chi connectivity index (χ3v) is 5.97. The molecule has 0 spiro atoms. The number of hydrogen-bond acceptors (Lipinski definition) is 6. The number of para-hydroxylation sites is 2. The maximum absolute atomic E-state index is 13.0. The van der Waals surface area contributed by atoms with Crippen LogP contribution in [0.5, 0.6) is 5.75 Å². The quantitative estimate of drug-likeness (QED) is 0.373. The number of piperazine rings is 1. The molecule has 0 saturated carbocycles. The monoisotopic (exact) mass is 488 g/mol. The highest BCUT2D eigenvalue weighted by Crippen LogP contribution is 2.31. The first-order valence-corrected chi connectivity index (χ1v) is 12.0. The maximum atomic E-state index is 13.0. The van der Waals surface area contributed by atoms with E-state index in [2.05, 4.69) is 26.5 Å². The number of carbonyl (C=O) groups is 2. The minimum absolute atomic E-state index is 0.121. The number of anilines is 3. The van der Waals surface area contributed by atoms with Gasteiger partial charge in [-0.1, -0.05) is 12.1 Å². The van der Waals surface area contributed by atoms with Gasteiger partial charge in [0.25, 0.3) is 5.91 Å². The SMILES string of the molecule is COCCNC(=O)c1cc(NC(=O)CCCCl)ccc1N1CCN(c2ccccc2OC)CC1. The lowest BCUT2D eigenvalue weighted by Crippen LogP contribution is -2.47. The lowest BCUT2D eigenvalue weighted by atomic mass is 10.1. The van der Waals surface area contributed by atoms with Crippen molar-refractivity contribution in [3.05, 3.63) is 48.0 Å². The summed E-state index contributed by atoms with van der Waals surface area (Å²) >= 11 is 5.69. The number of alkyl halides is 1. The highest BCUT2D eigenvalue weighted by Gasteiger charge is 2.23. The van der Waals surface area contributed by atoms with Crippen molar-refractivity contribution < 1.29 is 19.1 Å². The smallest absolute Gasteiger partial charge is 0.253 e. The maximum Gasteiger partial charge on any atom is 0.253 e. The van der Waals surface area contributed by atoms with E-state index in [9.17, 15) is 9.59 Å². The van der Waals surface area contributed by atoms with Crippen LogP contribution in [-0.4, -0.2) is 71.2 Å². The van der Waals surface area contributed by atoms with Crippen LogP contribution in [0.1, 0.15) is 23.2 Å². The molecule has 0 bridgehead atoms. The Hall–Kier alpha value is -2.97. The van der Waals surface area contributed by atoms with Crippen LogP contribution in [0.2, 0.25) is 0 Å². The van der Waals surface area contributed by atoms with Crippen LogP contribution in [0.4, 0.5) is 17.1 Å². The molecule has 0 radical (unpaired) electrons. The van der Waals surface area contributed by atoms with Crippen LogP contribution in [0.25, 0.3) is 0 Å². The summed E-state index contributed by atoms with van der Waals surface area (Å²) in [6.45, 7) is 3.91. The second kappa shape index (κ2) is 13.1. The fraction of sp³-hybridized carbons (Fsp3) is 0.440. The Bertz CT molecular complexity index is 964. The van der Waals surface area contributed by atoms with Crippen molar-refractivity contribution in [1.82, 2.24) is 5.32 Å². The Morgan fingerprint density at radius 2 is 1.71 bits per heavy atom. The normalized spacial score (nSPS) is 13.5. The van der Waals surface area contributed by atoms with Crippen molar-refractivity contribution in [3.63, 3.8) is 0 Å².